The molecule has 2 rings (SSSR count). The zero-order valence-corrected chi connectivity index (χ0v) is 16.4. The number of hydrogen-bond donors (Lipinski definition) is 0. The lowest BCUT2D eigenvalue weighted by Crippen LogP contribution is -2.09. The van der Waals surface area contributed by atoms with Gasteiger partial charge in [-0.25, -0.2) is 18.4 Å². The van der Waals surface area contributed by atoms with Crippen LogP contribution in [0.1, 0.15) is 18.3 Å². The first-order chi connectivity index (χ1) is 12.4. The van der Waals surface area contributed by atoms with Crippen LogP contribution >= 0.6 is 11.6 Å². The van der Waals surface area contributed by atoms with Crippen molar-refractivity contribution in [2.24, 2.45) is 7.05 Å². The summed E-state index contributed by atoms with van der Waals surface area (Å²) in [4.78, 5) is 8.16. The molecule has 146 valence electrons. The second-order valence-electron chi connectivity index (χ2n) is 5.65. The average Bonchev–Trinajstić information content (AvgIpc) is 2.86. The topological polar surface area (TPSA) is 64.8 Å². The predicted molar refractivity (Wildman–Crippen MR) is 98.1 cm³/mol. The van der Waals surface area contributed by atoms with E-state index in [0.717, 1.165) is 6.08 Å². The summed E-state index contributed by atoms with van der Waals surface area (Å²) in [7, 11) is -2.09. The largest absolute Gasteiger partial charge is 0.416 e. The molecule has 0 aliphatic carbocycles. The van der Waals surface area contributed by atoms with Crippen molar-refractivity contribution >= 4 is 27.5 Å². The number of pyridine rings is 1. The van der Waals surface area contributed by atoms with Gasteiger partial charge in [0.1, 0.15) is 10.8 Å². The van der Waals surface area contributed by atoms with Crippen LogP contribution in [-0.4, -0.2) is 34.9 Å². The average molecular weight is 420 g/mol. The van der Waals surface area contributed by atoms with Gasteiger partial charge in [0, 0.05) is 12.7 Å². The van der Waals surface area contributed by atoms with Gasteiger partial charge < -0.3 is 4.57 Å². The zero-order chi connectivity index (χ0) is 20.6. The predicted octanol–water partition coefficient (Wildman–Crippen LogP) is 4.37. The van der Waals surface area contributed by atoms with Gasteiger partial charge in [-0.2, -0.15) is 13.2 Å². The first-order valence-electron chi connectivity index (χ1n) is 7.76. The molecule has 2 heterocycles. The molecule has 0 bridgehead atoms. The van der Waals surface area contributed by atoms with Crippen molar-refractivity contribution in [3.63, 3.8) is 0 Å². The van der Waals surface area contributed by atoms with Gasteiger partial charge in [0.25, 0.3) is 0 Å². The third-order valence-electron chi connectivity index (χ3n) is 4.01. The van der Waals surface area contributed by atoms with E-state index in [4.69, 9.17) is 11.6 Å². The summed E-state index contributed by atoms with van der Waals surface area (Å²) in [6.07, 6.45) is -3.04. The van der Waals surface area contributed by atoms with Crippen LogP contribution in [0.2, 0.25) is 5.15 Å². The number of rotatable bonds is 5. The second kappa shape index (κ2) is 7.47. The van der Waals surface area contributed by atoms with Gasteiger partial charge in [0.15, 0.2) is 15.7 Å². The number of aromatic nitrogens is 3. The smallest absolute Gasteiger partial charge is 0.329 e. The number of allylic oxidation sites excluding steroid dienone is 2. The second-order valence-corrected chi connectivity index (χ2v) is 8.28. The van der Waals surface area contributed by atoms with E-state index in [1.807, 2.05) is 0 Å². The minimum absolute atomic E-state index is 0.0123. The SMILES string of the molecule is C=C/C(=C\c1nc(-c2nc(Cl)ccc2S(=O)(=O)CC)n(C)c1C)C(F)(F)F. The number of hydrogen-bond acceptors (Lipinski definition) is 4. The Hall–Kier alpha value is -2.13. The summed E-state index contributed by atoms with van der Waals surface area (Å²) in [5, 5.41) is 0.0415. The van der Waals surface area contributed by atoms with Crippen molar-refractivity contribution in [3.8, 4) is 11.5 Å². The van der Waals surface area contributed by atoms with Crippen molar-refractivity contribution < 1.29 is 21.6 Å². The van der Waals surface area contributed by atoms with E-state index in [-0.39, 0.29) is 33.0 Å². The molecule has 0 aromatic carbocycles. The standard InChI is InChI=1S/C17H17ClF3N3O2S/c1-5-11(17(19,20)21)9-12-10(3)24(4)16(22-12)15-13(27(25,26)6-2)7-8-14(18)23-15/h5,7-9H,1,6H2,2-4H3/b11-9+. The monoisotopic (exact) mass is 419 g/mol. The van der Waals surface area contributed by atoms with Gasteiger partial charge in [0.2, 0.25) is 0 Å². The van der Waals surface area contributed by atoms with Crippen LogP contribution in [0.5, 0.6) is 0 Å². The van der Waals surface area contributed by atoms with Crippen LogP contribution in [0.4, 0.5) is 13.2 Å². The summed E-state index contributed by atoms with van der Waals surface area (Å²) < 4.78 is 65.2. The molecule has 27 heavy (non-hydrogen) atoms. The van der Waals surface area contributed by atoms with E-state index in [1.54, 1.807) is 14.0 Å². The maximum atomic E-state index is 13.0. The molecule has 0 amide bonds. The molecule has 0 saturated carbocycles. The summed E-state index contributed by atoms with van der Waals surface area (Å²) in [5.41, 5.74) is -0.547. The number of alkyl halides is 3. The highest BCUT2D eigenvalue weighted by atomic mass is 35.5. The summed E-state index contributed by atoms with van der Waals surface area (Å²) in [6, 6.07) is 2.65. The van der Waals surface area contributed by atoms with E-state index in [1.165, 1.54) is 23.6 Å². The van der Waals surface area contributed by atoms with Crippen molar-refractivity contribution in [2.75, 3.05) is 5.75 Å². The fraction of sp³-hybridized carbons (Fsp3) is 0.294. The van der Waals surface area contributed by atoms with Gasteiger partial charge >= 0.3 is 6.18 Å². The van der Waals surface area contributed by atoms with Gasteiger partial charge in [-0.1, -0.05) is 31.2 Å². The van der Waals surface area contributed by atoms with E-state index in [9.17, 15) is 21.6 Å². The minimum atomic E-state index is -4.59. The molecular weight excluding hydrogens is 403 g/mol. The molecule has 0 radical (unpaired) electrons. The van der Waals surface area contributed by atoms with Gasteiger partial charge in [0.05, 0.1) is 21.9 Å². The lowest BCUT2D eigenvalue weighted by Gasteiger charge is -2.09. The lowest BCUT2D eigenvalue weighted by atomic mass is 10.2. The highest BCUT2D eigenvalue weighted by Crippen LogP contribution is 2.32. The first-order valence-corrected chi connectivity index (χ1v) is 9.79. The normalized spacial score (nSPS) is 13.1. The Bertz CT molecular complexity index is 1020. The number of sulfone groups is 1. The molecule has 2 aromatic rings. The van der Waals surface area contributed by atoms with Crippen LogP contribution in [0, 0.1) is 6.92 Å². The fourth-order valence-corrected chi connectivity index (χ4v) is 3.51. The van der Waals surface area contributed by atoms with Crippen molar-refractivity contribution in [1.29, 1.82) is 0 Å². The van der Waals surface area contributed by atoms with E-state index in [2.05, 4.69) is 16.5 Å². The Labute approximate surface area is 160 Å². The summed E-state index contributed by atoms with van der Waals surface area (Å²) >= 11 is 5.91. The molecule has 0 N–H and O–H groups in total. The molecule has 0 atom stereocenters. The molecule has 0 aliphatic heterocycles. The number of imidazole rings is 1. The van der Waals surface area contributed by atoms with Gasteiger partial charge in [-0.3, -0.25) is 0 Å². The van der Waals surface area contributed by atoms with Crippen LogP contribution in [-0.2, 0) is 16.9 Å². The molecular formula is C17H17ClF3N3O2S. The van der Waals surface area contributed by atoms with Crippen LogP contribution in [0.3, 0.4) is 0 Å². The molecule has 0 spiro atoms. The Morgan fingerprint density at radius 3 is 2.48 bits per heavy atom. The van der Waals surface area contributed by atoms with Crippen molar-refractivity contribution in [1.82, 2.24) is 14.5 Å². The molecule has 10 heteroatoms. The Balaban J connectivity index is 2.76. The highest BCUT2D eigenvalue weighted by Gasteiger charge is 2.32. The maximum Gasteiger partial charge on any atom is 0.416 e. The van der Waals surface area contributed by atoms with E-state index < -0.39 is 21.6 Å². The molecule has 0 saturated heterocycles. The van der Waals surface area contributed by atoms with Crippen molar-refractivity contribution in [2.45, 2.75) is 24.9 Å². The van der Waals surface area contributed by atoms with E-state index in [0.29, 0.717) is 11.8 Å². The minimum Gasteiger partial charge on any atom is -0.329 e. The molecule has 5 nitrogen and oxygen atoms in total. The molecule has 0 aliphatic rings. The quantitative estimate of drug-likeness (QED) is 0.533. The van der Waals surface area contributed by atoms with E-state index >= 15 is 0 Å². The summed E-state index contributed by atoms with van der Waals surface area (Å²) in [6.45, 7) is 6.22. The Kier molecular flexibility index (Phi) is 5.86. The lowest BCUT2D eigenvalue weighted by molar-refractivity contribution is -0.0872. The highest BCUT2D eigenvalue weighted by molar-refractivity contribution is 7.91. The van der Waals surface area contributed by atoms with Crippen LogP contribution in [0.25, 0.3) is 17.6 Å². The third kappa shape index (κ3) is 4.24. The molecule has 2 aromatic heterocycles. The van der Waals surface area contributed by atoms with Crippen LogP contribution < -0.4 is 0 Å². The molecule has 0 unspecified atom stereocenters. The maximum absolute atomic E-state index is 13.0. The Morgan fingerprint density at radius 1 is 1.33 bits per heavy atom. The summed E-state index contributed by atoms with van der Waals surface area (Å²) in [5.74, 6) is -0.0763. The van der Waals surface area contributed by atoms with Gasteiger partial charge in [-0.15, -0.1) is 0 Å². The molecule has 0 fully saturated rings. The first kappa shape index (κ1) is 21.2. The van der Waals surface area contributed by atoms with Crippen molar-refractivity contribution in [3.05, 3.63) is 46.9 Å². The fourth-order valence-electron chi connectivity index (χ4n) is 2.34. The zero-order valence-electron chi connectivity index (χ0n) is 14.8. The Morgan fingerprint density at radius 2 is 1.96 bits per heavy atom. The van der Waals surface area contributed by atoms with Crippen LogP contribution in [0.15, 0.2) is 35.3 Å². The third-order valence-corrected chi connectivity index (χ3v) is 5.98. The van der Waals surface area contributed by atoms with Gasteiger partial charge in [-0.05, 0) is 25.1 Å². The number of nitrogens with zero attached hydrogens (tertiary/aromatic N) is 3. The number of halogens is 4.